The van der Waals surface area contributed by atoms with Crippen molar-refractivity contribution in [2.75, 3.05) is 26.7 Å². The number of amides is 1. The third-order valence-corrected chi connectivity index (χ3v) is 3.87. The van der Waals surface area contributed by atoms with Crippen LogP contribution < -0.4 is 5.32 Å². The Labute approximate surface area is 130 Å². The van der Waals surface area contributed by atoms with Crippen molar-refractivity contribution in [1.29, 1.82) is 0 Å². The Morgan fingerprint density at radius 2 is 2.00 bits per heavy atom. The molecule has 6 heteroatoms. The summed E-state index contributed by atoms with van der Waals surface area (Å²) in [5.41, 5.74) is -0.0416. The van der Waals surface area contributed by atoms with E-state index in [-0.39, 0.29) is 23.9 Å². The first-order chi connectivity index (χ1) is 9.61. The van der Waals surface area contributed by atoms with Gasteiger partial charge in [-0.05, 0) is 50.9 Å². The predicted octanol–water partition coefficient (Wildman–Crippen LogP) is 2.85. The molecule has 118 valence electrons. The number of likely N-dealkylation sites (tertiary alicyclic amines) is 1. The molecule has 1 N–H and O–H groups in total. The van der Waals surface area contributed by atoms with Crippen LogP contribution in [0.1, 0.15) is 29.6 Å². The Morgan fingerprint density at radius 3 is 2.57 bits per heavy atom. The predicted molar refractivity (Wildman–Crippen MR) is 80.8 cm³/mol. The van der Waals surface area contributed by atoms with Gasteiger partial charge in [-0.25, -0.2) is 8.78 Å². The first-order valence-electron chi connectivity index (χ1n) is 7.00. The van der Waals surface area contributed by atoms with E-state index in [0.717, 1.165) is 37.9 Å². The fraction of sp³-hybridized carbons (Fsp3) is 0.533. The highest BCUT2D eigenvalue weighted by Gasteiger charge is 2.25. The number of hydrogen-bond acceptors (Lipinski definition) is 2. The average molecular weight is 319 g/mol. The summed E-state index contributed by atoms with van der Waals surface area (Å²) in [5, 5.41) is 3.12. The number of nitrogens with one attached hydrogen (secondary N) is 1. The van der Waals surface area contributed by atoms with Gasteiger partial charge in [0.05, 0.1) is 5.56 Å². The van der Waals surface area contributed by atoms with Crippen molar-refractivity contribution in [3.63, 3.8) is 0 Å². The molecule has 0 saturated carbocycles. The number of benzene rings is 1. The topological polar surface area (TPSA) is 32.3 Å². The Balaban J connectivity index is 0.00000220. The van der Waals surface area contributed by atoms with Gasteiger partial charge in [0.2, 0.25) is 0 Å². The fourth-order valence-corrected chi connectivity index (χ4v) is 2.61. The normalized spacial score (nSPS) is 15.7. The second-order valence-corrected chi connectivity index (χ2v) is 5.25. The second-order valence-electron chi connectivity index (χ2n) is 5.25. The van der Waals surface area contributed by atoms with E-state index in [1.54, 1.807) is 4.90 Å². The molecule has 0 radical (unpaired) electrons. The van der Waals surface area contributed by atoms with Crippen LogP contribution in [0, 0.1) is 17.6 Å². The number of carbonyl (C=O) groups is 1. The summed E-state index contributed by atoms with van der Waals surface area (Å²) in [6.45, 7) is 2.26. The number of hydrogen-bond donors (Lipinski definition) is 1. The fourth-order valence-electron chi connectivity index (χ4n) is 2.61. The molecule has 1 heterocycles. The Kier molecular flexibility index (Phi) is 7.05. The zero-order valence-electron chi connectivity index (χ0n) is 12.1. The molecule has 1 aliphatic heterocycles. The van der Waals surface area contributed by atoms with Gasteiger partial charge >= 0.3 is 0 Å². The number of rotatable bonds is 4. The van der Waals surface area contributed by atoms with Crippen molar-refractivity contribution >= 4 is 18.3 Å². The minimum absolute atomic E-state index is 0. The number of carbonyl (C=O) groups excluding carboxylic acids is 1. The van der Waals surface area contributed by atoms with Crippen LogP contribution in [0.15, 0.2) is 18.2 Å². The van der Waals surface area contributed by atoms with Crippen LogP contribution in [0.25, 0.3) is 0 Å². The van der Waals surface area contributed by atoms with Crippen molar-refractivity contribution < 1.29 is 13.6 Å². The molecule has 0 unspecified atom stereocenters. The lowest BCUT2D eigenvalue weighted by Gasteiger charge is -2.32. The summed E-state index contributed by atoms with van der Waals surface area (Å²) in [4.78, 5) is 13.9. The van der Waals surface area contributed by atoms with Gasteiger partial charge in [0, 0.05) is 19.2 Å². The zero-order valence-corrected chi connectivity index (χ0v) is 12.9. The summed E-state index contributed by atoms with van der Waals surface area (Å²) in [6.07, 6.45) is 2.98. The van der Waals surface area contributed by atoms with Gasteiger partial charge in [0.25, 0.3) is 5.91 Å². The van der Waals surface area contributed by atoms with E-state index in [2.05, 4.69) is 5.32 Å². The minimum atomic E-state index is -0.785. The molecule has 0 aromatic heterocycles. The molecule has 1 aromatic carbocycles. The zero-order chi connectivity index (χ0) is 14.5. The molecule has 1 fully saturated rings. The van der Waals surface area contributed by atoms with Gasteiger partial charge in [-0.1, -0.05) is 0 Å². The van der Waals surface area contributed by atoms with Gasteiger partial charge in [0.15, 0.2) is 0 Å². The maximum atomic E-state index is 13.6. The van der Waals surface area contributed by atoms with Crippen LogP contribution in [-0.4, -0.2) is 37.5 Å². The van der Waals surface area contributed by atoms with Crippen LogP contribution in [0.2, 0.25) is 0 Å². The number of halogens is 3. The minimum Gasteiger partial charge on any atom is -0.339 e. The van der Waals surface area contributed by atoms with E-state index >= 15 is 0 Å². The molecular weight excluding hydrogens is 298 g/mol. The molecule has 1 aromatic rings. The van der Waals surface area contributed by atoms with Crippen LogP contribution in [0.5, 0.6) is 0 Å². The smallest absolute Gasteiger partial charge is 0.256 e. The van der Waals surface area contributed by atoms with Crippen molar-refractivity contribution in [3.05, 3.63) is 35.4 Å². The molecule has 3 nitrogen and oxygen atoms in total. The lowest BCUT2D eigenvalue weighted by molar-refractivity contribution is 0.0682. The molecule has 0 spiro atoms. The highest BCUT2D eigenvalue weighted by Crippen LogP contribution is 2.22. The van der Waals surface area contributed by atoms with Gasteiger partial charge < -0.3 is 10.2 Å². The van der Waals surface area contributed by atoms with Crippen molar-refractivity contribution in [1.82, 2.24) is 10.2 Å². The maximum absolute atomic E-state index is 13.6. The molecule has 1 amide bonds. The molecule has 21 heavy (non-hydrogen) atoms. The molecule has 1 aliphatic rings. The lowest BCUT2D eigenvalue weighted by Crippen LogP contribution is -2.39. The average Bonchev–Trinajstić information content (AvgIpc) is 2.45. The van der Waals surface area contributed by atoms with Gasteiger partial charge in [-0.2, -0.15) is 0 Å². The van der Waals surface area contributed by atoms with Gasteiger partial charge in [-0.15, -0.1) is 12.4 Å². The van der Waals surface area contributed by atoms with Crippen LogP contribution >= 0.6 is 12.4 Å². The monoisotopic (exact) mass is 318 g/mol. The Bertz CT molecular complexity index is 477. The van der Waals surface area contributed by atoms with Crippen molar-refractivity contribution in [3.8, 4) is 0 Å². The third kappa shape index (κ3) is 4.64. The van der Waals surface area contributed by atoms with Crippen LogP contribution in [0.4, 0.5) is 8.78 Å². The second kappa shape index (κ2) is 8.29. The molecule has 0 bridgehead atoms. The summed E-state index contributed by atoms with van der Waals surface area (Å²) in [6, 6.07) is 3.10. The Hall–Kier alpha value is -1.20. The molecule has 2 rings (SSSR count). The van der Waals surface area contributed by atoms with Crippen LogP contribution in [-0.2, 0) is 0 Å². The highest BCUT2D eigenvalue weighted by atomic mass is 35.5. The molecule has 1 saturated heterocycles. The first-order valence-corrected chi connectivity index (χ1v) is 7.00. The Morgan fingerprint density at radius 1 is 1.33 bits per heavy atom. The van der Waals surface area contributed by atoms with Crippen molar-refractivity contribution in [2.24, 2.45) is 5.92 Å². The summed E-state index contributed by atoms with van der Waals surface area (Å²) < 4.78 is 26.5. The van der Waals surface area contributed by atoms with Gasteiger partial charge in [0.1, 0.15) is 11.6 Å². The molecule has 0 aliphatic carbocycles. The first kappa shape index (κ1) is 17.9. The molecule has 0 atom stereocenters. The SMILES string of the molecule is CNCCC1CCN(C(=O)c2ccc(F)cc2F)CC1.Cl. The molecular formula is C15H21ClF2N2O. The summed E-state index contributed by atoms with van der Waals surface area (Å²) in [5.74, 6) is -1.17. The third-order valence-electron chi connectivity index (χ3n) is 3.87. The highest BCUT2D eigenvalue weighted by molar-refractivity contribution is 5.94. The van der Waals surface area contributed by atoms with E-state index in [1.165, 1.54) is 6.07 Å². The van der Waals surface area contributed by atoms with E-state index < -0.39 is 11.6 Å². The van der Waals surface area contributed by atoms with E-state index in [1.807, 2.05) is 7.05 Å². The van der Waals surface area contributed by atoms with Crippen molar-refractivity contribution in [2.45, 2.75) is 19.3 Å². The maximum Gasteiger partial charge on any atom is 0.256 e. The van der Waals surface area contributed by atoms with E-state index in [0.29, 0.717) is 19.0 Å². The largest absolute Gasteiger partial charge is 0.339 e. The van der Waals surface area contributed by atoms with Crippen LogP contribution in [0.3, 0.4) is 0 Å². The standard InChI is InChI=1S/C15H20F2N2O.ClH/c1-18-7-4-11-5-8-19(9-6-11)15(20)13-3-2-12(16)10-14(13)17;/h2-3,10-11,18H,4-9H2,1H3;1H. The summed E-state index contributed by atoms with van der Waals surface area (Å²) in [7, 11) is 1.93. The van der Waals surface area contributed by atoms with E-state index in [9.17, 15) is 13.6 Å². The lowest BCUT2D eigenvalue weighted by atomic mass is 9.93. The number of nitrogens with zero attached hydrogens (tertiary/aromatic N) is 1. The number of piperidine rings is 1. The van der Waals surface area contributed by atoms with Gasteiger partial charge in [-0.3, -0.25) is 4.79 Å². The summed E-state index contributed by atoms with van der Waals surface area (Å²) >= 11 is 0. The van der Waals surface area contributed by atoms with E-state index in [4.69, 9.17) is 0 Å². The quantitative estimate of drug-likeness (QED) is 0.926.